The molecule has 2 aliphatic rings. The monoisotopic (exact) mass is 414 g/mol. The summed E-state index contributed by atoms with van der Waals surface area (Å²) in [6.45, 7) is 2.74. The lowest BCUT2D eigenvalue weighted by Gasteiger charge is -2.44. The zero-order valence-electron chi connectivity index (χ0n) is 17.8. The third-order valence-electron chi connectivity index (χ3n) is 7.04. The standard InChI is InChI=1S/C24H34N2O4/c1-17-7-13-21(15-17)24(23(28)29,20-5-3-2-4-6-20)25-16-19-10-8-18(9-11-19)12-14-22(27)26-30/h8-12,14,17,20-21,25,30H,2-7,13,15-16H2,1H3,(H,26,27)(H,28,29)/t17?,21?,24-/m0/s1. The molecule has 30 heavy (non-hydrogen) atoms. The predicted octanol–water partition coefficient (Wildman–Crippen LogP) is 4.13. The maximum atomic E-state index is 12.7. The highest BCUT2D eigenvalue weighted by molar-refractivity contribution is 5.90. The van der Waals surface area contributed by atoms with Crippen molar-refractivity contribution in [1.82, 2.24) is 10.8 Å². The maximum Gasteiger partial charge on any atom is 0.324 e. The Morgan fingerprint density at radius 3 is 2.33 bits per heavy atom. The Kier molecular flexibility index (Phi) is 7.67. The highest BCUT2D eigenvalue weighted by Gasteiger charge is 2.52. The quantitative estimate of drug-likeness (QED) is 0.291. The molecule has 2 saturated carbocycles. The second-order valence-corrected chi connectivity index (χ2v) is 9.03. The van der Waals surface area contributed by atoms with Gasteiger partial charge in [-0.25, -0.2) is 5.48 Å². The molecule has 0 radical (unpaired) electrons. The third-order valence-corrected chi connectivity index (χ3v) is 7.04. The van der Waals surface area contributed by atoms with Crippen LogP contribution in [0.25, 0.3) is 6.08 Å². The van der Waals surface area contributed by atoms with Crippen LogP contribution in [0, 0.1) is 17.8 Å². The Morgan fingerprint density at radius 2 is 1.77 bits per heavy atom. The summed E-state index contributed by atoms with van der Waals surface area (Å²) in [5.41, 5.74) is 2.56. The van der Waals surface area contributed by atoms with Gasteiger partial charge in [0.1, 0.15) is 5.54 Å². The lowest BCUT2D eigenvalue weighted by Crippen LogP contribution is -2.62. The largest absolute Gasteiger partial charge is 0.480 e. The van der Waals surface area contributed by atoms with E-state index >= 15 is 0 Å². The minimum absolute atomic E-state index is 0.173. The van der Waals surface area contributed by atoms with Crippen molar-refractivity contribution >= 4 is 18.0 Å². The molecular weight excluding hydrogens is 380 g/mol. The molecule has 0 saturated heterocycles. The molecule has 0 aromatic heterocycles. The zero-order valence-corrected chi connectivity index (χ0v) is 17.8. The second kappa shape index (κ2) is 10.2. The highest BCUT2D eigenvalue weighted by Crippen LogP contribution is 2.45. The summed E-state index contributed by atoms with van der Waals surface area (Å²) in [7, 11) is 0. The lowest BCUT2D eigenvalue weighted by atomic mass is 9.67. The van der Waals surface area contributed by atoms with Crippen molar-refractivity contribution in [2.75, 3.05) is 0 Å². The van der Waals surface area contributed by atoms with Crippen LogP contribution < -0.4 is 10.8 Å². The van der Waals surface area contributed by atoms with Crippen LogP contribution in [0.3, 0.4) is 0 Å². The zero-order chi connectivity index (χ0) is 21.6. The van der Waals surface area contributed by atoms with Crippen molar-refractivity contribution in [2.24, 2.45) is 17.8 Å². The van der Waals surface area contributed by atoms with Gasteiger partial charge >= 0.3 is 5.97 Å². The van der Waals surface area contributed by atoms with E-state index in [1.54, 1.807) is 11.6 Å². The first-order valence-electron chi connectivity index (χ1n) is 11.1. The molecular formula is C24H34N2O4. The van der Waals surface area contributed by atoms with Gasteiger partial charge in [0.25, 0.3) is 5.91 Å². The first-order valence-corrected chi connectivity index (χ1v) is 11.1. The minimum Gasteiger partial charge on any atom is -0.480 e. The van der Waals surface area contributed by atoms with Crippen LogP contribution in [0.2, 0.25) is 0 Å². The number of aliphatic carboxylic acids is 1. The Bertz CT molecular complexity index is 748. The van der Waals surface area contributed by atoms with Crippen molar-refractivity contribution in [1.29, 1.82) is 0 Å². The molecule has 0 bridgehead atoms. The molecule has 2 unspecified atom stereocenters. The van der Waals surface area contributed by atoms with Gasteiger partial charge in [0.15, 0.2) is 0 Å². The number of carbonyl (C=O) groups is 2. The van der Waals surface area contributed by atoms with Crippen molar-refractivity contribution < 1.29 is 19.9 Å². The van der Waals surface area contributed by atoms with E-state index in [-0.39, 0.29) is 11.8 Å². The smallest absolute Gasteiger partial charge is 0.324 e. The van der Waals surface area contributed by atoms with Crippen LogP contribution in [-0.2, 0) is 16.1 Å². The normalized spacial score (nSPS) is 24.6. The third kappa shape index (κ3) is 5.10. The Balaban J connectivity index is 1.77. The Morgan fingerprint density at radius 1 is 1.07 bits per heavy atom. The highest BCUT2D eigenvalue weighted by atomic mass is 16.5. The molecule has 164 valence electrons. The summed E-state index contributed by atoms with van der Waals surface area (Å²) in [4.78, 5) is 23.9. The number of hydrogen-bond donors (Lipinski definition) is 4. The van der Waals surface area contributed by atoms with Crippen LogP contribution in [0.5, 0.6) is 0 Å². The molecule has 3 rings (SSSR count). The van der Waals surface area contributed by atoms with E-state index in [2.05, 4.69) is 12.2 Å². The molecule has 0 heterocycles. The first-order chi connectivity index (χ1) is 14.5. The molecule has 4 N–H and O–H groups in total. The SMILES string of the molecule is CC1CCC([C@](NCc2ccc(C=CC(=O)NO)cc2)(C(=O)O)C2CCCCC2)C1. The average Bonchev–Trinajstić information content (AvgIpc) is 3.20. The molecule has 1 aromatic carbocycles. The molecule has 1 aromatic rings. The summed E-state index contributed by atoms with van der Waals surface area (Å²) < 4.78 is 0. The number of rotatable bonds is 8. The van der Waals surface area contributed by atoms with E-state index in [4.69, 9.17) is 5.21 Å². The van der Waals surface area contributed by atoms with Crippen LogP contribution in [0.1, 0.15) is 69.4 Å². The fourth-order valence-corrected chi connectivity index (χ4v) is 5.43. The van der Waals surface area contributed by atoms with E-state index in [1.165, 1.54) is 12.5 Å². The van der Waals surface area contributed by atoms with Gasteiger partial charge in [-0.05, 0) is 60.6 Å². The van der Waals surface area contributed by atoms with Gasteiger partial charge in [0, 0.05) is 12.6 Å². The van der Waals surface area contributed by atoms with E-state index in [1.807, 2.05) is 24.3 Å². The summed E-state index contributed by atoms with van der Waals surface area (Å²) >= 11 is 0. The molecule has 3 atom stereocenters. The fraction of sp³-hybridized carbons (Fsp3) is 0.583. The molecule has 0 aliphatic heterocycles. The molecule has 0 spiro atoms. The Hall–Kier alpha value is -2.18. The van der Waals surface area contributed by atoms with Gasteiger partial charge in [-0.15, -0.1) is 0 Å². The van der Waals surface area contributed by atoms with Crippen LogP contribution in [-0.4, -0.2) is 27.7 Å². The molecule has 6 heteroatoms. The number of carboxylic acids is 1. The number of carboxylic acid groups (broad SMARTS) is 1. The number of hydroxylamine groups is 1. The van der Waals surface area contributed by atoms with Gasteiger partial charge in [-0.1, -0.05) is 56.9 Å². The van der Waals surface area contributed by atoms with E-state index in [0.29, 0.717) is 12.5 Å². The van der Waals surface area contributed by atoms with Gasteiger partial charge in [-0.3, -0.25) is 20.1 Å². The number of carbonyl (C=O) groups excluding carboxylic acids is 1. The molecule has 2 fully saturated rings. The van der Waals surface area contributed by atoms with E-state index in [9.17, 15) is 14.7 Å². The van der Waals surface area contributed by atoms with Crippen molar-refractivity contribution in [3.05, 3.63) is 41.5 Å². The fourth-order valence-electron chi connectivity index (χ4n) is 5.43. The van der Waals surface area contributed by atoms with Crippen molar-refractivity contribution in [2.45, 2.75) is 70.4 Å². The topological polar surface area (TPSA) is 98.7 Å². The van der Waals surface area contributed by atoms with Crippen molar-refractivity contribution in [3.63, 3.8) is 0 Å². The van der Waals surface area contributed by atoms with Gasteiger partial charge in [0.2, 0.25) is 0 Å². The van der Waals surface area contributed by atoms with Crippen LogP contribution in [0.15, 0.2) is 30.3 Å². The van der Waals surface area contributed by atoms with E-state index in [0.717, 1.165) is 56.1 Å². The van der Waals surface area contributed by atoms with Crippen molar-refractivity contribution in [3.8, 4) is 0 Å². The summed E-state index contributed by atoms with van der Waals surface area (Å²) in [6.07, 6.45) is 11.4. The second-order valence-electron chi connectivity index (χ2n) is 9.03. The van der Waals surface area contributed by atoms with Gasteiger partial charge < -0.3 is 5.11 Å². The number of nitrogens with one attached hydrogen (secondary N) is 2. The average molecular weight is 415 g/mol. The molecule has 2 aliphatic carbocycles. The number of hydrogen-bond acceptors (Lipinski definition) is 4. The van der Waals surface area contributed by atoms with Gasteiger partial charge in [0.05, 0.1) is 0 Å². The summed E-state index contributed by atoms with van der Waals surface area (Å²) in [5, 5.41) is 22.6. The molecule has 6 nitrogen and oxygen atoms in total. The predicted molar refractivity (Wildman–Crippen MR) is 116 cm³/mol. The summed E-state index contributed by atoms with van der Waals surface area (Å²) in [5.74, 6) is -0.333. The van der Waals surface area contributed by atoms with E-state index < -0.39 is 17.4 Å². The minimum atomic E-state index is -0.858. The summed E-state index contributed by atoms with van der Waals surface area (Å²) in [6, 6.07) is 7.68. The van der Waals surface area contributed by atoms with Crippen LogP contribution >= 0.6 is 0 Å². The number of benzene rings is 1. The molecule has 1 amide bonds. The first kappa shape index (κ1) is 22.5. The Labute approximate surface area is 178 Å². The van der Waals surface area contributed by atoms with Crippen LogP contribution in [0.4, 0.5) is 0 Å². The number of amides is 1. The lowest BCUT2D eigenvalue weighted by molar-refractivity contribution is -0.152. The van der Waals surface area contributed by atoms with Gasteiger partial charge in [-0.2, -0.15) is 0 Å². The maximum absolute atomic E-state index is 12.7.